The molecule has 0 amide bonds. The lowest BCUT2D eigenvalue weighted by Crippen LogP contribution is -2.19. The fourth-order valence-electron chi connectivity index (χ4n) is 2.88. The number of ether oxygens (including phenoxy) is 2. The second-order valence-electron chi connectivity index (χ2n) is 5.83. The molecule has 0 aromatic rings. The van der Waals surface area contributed by atoms with Gasteiger partial charge in [0.15, 0.2) is 5.78 Å². The van der Waals surface area contributed by atoms with E-state index in [1.165, 1.54) is 0 Å². The molecule has 0 aromatic carbocycles. The van der Waals surface area contributed by atoms with Crippen LogP contribution in [0, 0.1) is 5.92 Å². The topological polar surface area (TPSA) is 52.6 Å². The molecule has 4 nitrogen and oxygen atoms in total. The maximum absolute atomic E-state index is 11.8. The van der Waals surface area contributed by atoms with Crippen molar-refractivity contribution in [1.82, 2.24) is 0 Å². The van der Waals surface area contributed by atoms with Crippen molar-refractivity contribution in [2.24, 2.45) is 5.92 Å². The molecule has 0 aliphatic carbocycles. The van der Waals surface area contributed by atoms with Gasteiger partial charge in [-0.2, -0.15) is 0 Å². The van der Waals surface area contributed by atoms with E-state index in [0.29, 0.717) is 12.8 Å². The normalized spacial score (nSPS) is 34.8. The van der Waals surface area contributed by atoms with Crippen LogP contribution in [0.5, 0.6) is 0 Å². The summed E-state index contributed by atoms with van der Waals surface area (Å²) >= 11 is 0. The summed E-state index contributed by atoms with van der Waals surface area (Å²) in [5.74, 6) is 0.116. The van der Waals surface area contributed by atoms with Gasteiger partial charge in [-0.15, -0.1) is 0 Å². The van der Waals surface area contributed by atoms with Gasteiger partial charge in [0, 0.05) is 6.42 Å². The monoisotopic (exact) mass is 268 g/mol. The number of rotatable bonds is 6. The van der Waals surface area contributed by atoms with Gasteiger partial charge in [0.2, 0.25) is 0 Å². The minimum absolute atomic E-state index is 0.00232. The molecule has 0 saturated carbocycles. The fraction of sp³-hybridized carbons (Fsp3) is 0.867. The summed E-state index contributed by atoms with van der Waals surface area (Å²) in [6, 6.07) is 0. The molecule has 2 aliphatic heterocycles. The highest BCUT2D eigenvalue weighted by molar-refractivity contribution is 5.85. The van der Waals surface area contributed by atoms with E-state index < -0.39 is 0 Å². The zero-order valence-electron chi connectivity index (χ0n) is 11.9. The Bertz CT molecular complexity index is 339. The lowest BCUT2D eigenvalue weighted by molar-refractivity contribution is -0.144. The molecule has 19 heavy (non-hydrogen) atoms. The molecule has 2 rings (SSSR count). The molecule has 2 fully saturated rings. The molecular weight excluding hydrogens is 244 g/mol. The number of cyclic esters (lactones) is 1. The number of unbranched alkanes of at least 4 members (excludes halogenated alkanes) is 1. The fourth-order valence-corrected chi connectivity index (χ4v) is 2.88. The average molecular weight is 268 g/mol. The van der Waals surface area contributed by atoms with Crippen molar-refractivity contribution in [3.8, 4) is 0 Å². The molecule has 0 aromatic heterocycles. The molecule has 4 atom stereocenters. The standard InChI is InChI=1S/C15H24O4/c1-3-4-5-11-9-13(16)14(18-11)7-6-12-8-10(2)15(17)19-12/h10-12,14H,3-9H2,1-2H3/t10-,11+,12?,14+/m1/s1. The number of carbonyl (C=O) groups excluding carboxylic acids is 2. The molecule has 0 bridgehead atoms. The third kappa shape index (κ3) is 3.78. The number of hydrogen-bond acceptors (Lipinski definition) is 4. The average Bonchev–Trinajstić information content (AvgIpc) is 2.88. The third-order valence-electron chi connectivity index (χ3n) is 4.08. The van der Waals surface area contributed by atoms with Crippen LogP contribution in [0.15, 0.2) is 0 Å². The molecule has 0 radical (unpaired) electrons. The first-order valence-corrected chi connectivity index (χ1v) is 7.48. The van der Waals surface area contributed by atoms with E-state index in [1.54, 1.807) is 0 Å². The minimum Gasteiger partial charge on any atom is -0.462 e. The quantitative estimate of drug-likeness (QED) is 0.695. The Morgan fingerprint density at radius 1 is 1.16 bits per heavy atom. The van der Waals surface area contributed by atoms with E-state index in [0.717, 1.165) is 32.1 Å². The molecule has 2 heterocycles. The number of hydrogen-bond donors (Lipinski definition) is 0. The smallest absolute Gasteiger partial charge is 0.309 e. The molecule has 0 spiro atoms. The second kappa shape index (κ2) is 6.51. The number of carbonyl (C=O) groups is 2. The zero-order chi connectivity index (χ0) is 13.8. The van der Waals surface area contributed by atoms with Crippen LogP contribution in [0.2, 0.25) is 0 Å². The van der Waals surface area contributed by atoms with E-state index >= 15 is 0 Å². The Hall–Kier alpha value is -0.900. The van der Waals surface area contributed by atoms with Crippen LogP contribution in [-0.2, 0) is 19.1 Å². The largest absolute Gasteiger partial charge is 0.462 e. The Morgan fingerprint density at radius 3 is 2.58 bits per heavy atom. The van der Waals surface area contributed by atoms with Gasteiger partial charge >= 0.3 is 5.97 Å². The highest BCUT2D eigenvalue weighted by atomic mass is 16.6. The molecule has 0 N–H and O–H groups in total. The van der Waals surface area contributed by atoms with E-state index in [2.05, 4.69) is 6.92 Å². The molecule has 2 saturated heterocycles. The van der Waals surface area contributed by atoms with Crippen molar-refractivity contribution >= 4 is 11.8 Å². The first-order chi connectivity index (χ1) is 9.10. The van der Waals surface area contributed by atoms with Crippen LogP contribution < -0.4 is 0 Å². The second-order valence-corrected chi connectivity index (χ2v) is 5.83. The van der Waals surface area contributed by atoms with Gasteiger partial charge in [0.05, 0.1) is 12.0 Å². The summed E-state index contributed by atoms with van der Waals surface area (Å²) in [6.45, 7) is 4.03. The summed E-state index contributed by atoms with van der Waals surface area (Å²) in [5.41, 5.74) is 0. The van der Waals surface area contributed by atoms with Crippen molar-refractivity contribution in [1.29, 1.82) is 0 Å². The number of ketones is 1. The van der Waals surface area contributed by atoms with Crippen molar-refractivity contribution in [2.45, 2.75) is 77.1 Å². The van der Waals surface area contributed by atoms with Gasteiger partial charge in [0.25, 0.3) is 0 Å². The van der Waals surface area contributed by atoms with Crippen molar-refractivity contribution < 1.29 is 19.1 Å². The molecule has 4 heteroatoms. The summed E-state index contributed by atoms with van der Waals surface area (Å²) < 4.78 is 11.1. The summed E-state index contributed by atoms with van der Waals surface area (Å²) in [6.07, 6.45) is 5.82. The van der Waals surface area contributed by atoms with Crippen molar-refractivity contribution in [3.05, 3.63) is 0 Å². The van der Waals surface area contributed by atoms with E-state index in [9.17, 15) is 9.59 Å². The van der Waals surface area contributed by atoms with Crippen LogP contribution in [0.1, 0.15) is 58.8 Å². The van der Waals surface area contributed by atoms with Crippen LogP contribution in [0.25, 0.3) is 0 Å². The zero-order valence-corrected chi connectivity index (χ0v) is 11.9. The SMILES string of the molecule is CCCC[C@H]1CC(=O)[C@H](CCC2C[C@@H](C)C(=O)O2)O1. The Morgan fingerprint density at radius 2 is 1.95 bits per heavy atom. The van der Waals surface area contributed by atoms with Gasteiger partial charge in [-0.05, 0) is 25.7 Å². The maximum Gasteiger partial charge on any atom is 0.309 e. The van der Waals surface area contributed by atoms with E-state index in [-0.39, 0.29) is 36.0 Å². The summed E-state index contributed by atoms with van der Waals surface area (Å²) in [5, 5.41) is 0. The van der Waals surface area contributed by atoms with E-state index in [4.69, 9.17) is 9.47 Å². The Labute approximate surface area is 114 Å². The van der Waals surface area contributed by atoms with E-state index in [1.807, 2.05) is 6.92 Å². The highest BCUT2D eigenvalue weighted by Gasteiger charge is 2.35. The molecule has 1 unspecified atom stereocenters. The Balaban J connectivity index is 1.71. The predicted octanol–water partition coefficient (Wildman–Crippen LogP) is 2.64. The number of Topliss-reactive ketones (excluding diaryl/α,β-unsaturated/α-hetero) is 1. The lowest BCUT2D eigenvalue weighted by Gasteiger charge is -2.14. The van der Waals surface area contributed by atoms with Crippen LogP contribution in [0.3, 0.4) is 0 Å². The minimum atomic E-state index is -0.267. The van der Waals surface area contributed by atoms with Gasteiger partial charge in [-0.3, -0.25) is 9.59 Å². The van der Waals surface area contributed by atoms with Gasteiger partial charge in [0.1, 0.15) is 12.2 Å². The van der Waals surface area contributed by atoms with Crippen molar-refractivity contribution in [3.63, 3.8) is 0 Å². The molecular formula is C15H24O4. The van der Waals surface area contributed by atoms with Crippen molar-refractivity contribution in [2.75, 3.05) is 0 Å². The summed E-state index contributed by atoms with van der Waals surface area (Å²) in [4.78, 5) is 23.1. The maximum atomic E-state index is 11.8. The van der Waals surface area contributed by atoms with Crippen LogP contribution >= 0.6 is 0 Å². The van der Waals surface area contributed by atoms with Gasteiger partial charge in [-0.25, -0.2) is 0 Å². The summed E-state index contributed by atoms with van der Waals surface area (Å²) in [7, 11) is 0. The molecule has 108 valence electrons. The third-order valence-corrected chi connectivity index (χ3v) is 4.08. The van der Waals surface area contributed by atoms with Gasteiger partial charge in [-0.1, -0.05) is 26.7 Å². The first-order valence-electron chi connectivity index (χ1n) is 7.48. The predicted molar refractivity (Wildman–Crippen MR) is 70.7 cm³/mol. The first kappa shape index (κ1) is 14.5. The van der Waals surface area contributed by atoms with Crippen LogP contribution in [-0.4, -0.2) is 30.1 Å². The Kier molecular flexibility index (Phi) is 4.97. The van der Waals surface area contributed by atoms with Crippen LogP contribution in [0.4, 0.5) is 0 Å². The highest BCUT2D eigenvalue weighted by Crippen LogP contribution is 2.28. The van der Waals surface area contributed by atoms with Gasteiger partial charge < -0.3 is 9.47 Å². The lowest BCUT2D eigenvalue weighted by atomic mass is 10.0. The molecule has 2 aliphatic rings. The number of esters is 1.